The molecule has 0 amide bonds. The van der Waals surface area contributed by atoms with Crippen LogP contribution in [0.25, 0.3) is 0 Å². The quantitative estimate of drug-likeness (QED) is 0.0263. The topological polar surface area (TPSA) is 78.9 Å². The summed E-state index contributed by atoms with van der Waals surface area (Å²) in [6.07, 6.45) is 64.1. The number of ether oxygens (including phenoxy) is 3. The van der Waals surface area contributed by atoms with Crippen LogP contribution in [-0.4, -0.2) is 37.2 Å². The van der Waals surface area contributed by atoms with Crippen LogP contribution >= 0.6 is 0 Å². The molecule has 1 atom stereocenters. The van der Waals surface area contributed by atoms with E-state index in [4.69, 9.17) is 14.2 Å². The Kier molecular flexibility index (Phi) is 47.5. The van der Waals surface area contributed by atoms with Crippen LogP contribution in [-0.2, 0) is 28.6 Å². The number of carbonyl (C=O) groups is 3. The van der Waals surface area contributed by atoms with E-state index >= 15 is 0 Å². The summed E-state index contributed by atoms with van der Waals surface area (Å²) >= 11 is 0. The zero-order chi connectivity index (χ0) is 45.1. The van der Waals surface area contributed by atoms with Crippen LogP contribution in [0.4, 0.5) is 0 Å². The third-order valence-electron chi connectivity index (χ3n) is 10.6. The first-order valence-corrected chi connectivity index (χ1v) is 25.6. The Bertz CT molecular complexity index is 1220. The van der Waals surface area contributed by atoms with Crippen molar-refractivity contribution >= 4 is 17.9 Å². The zero-order valence-electron chi connectivity index (χ0n) is 40.4. The number of rotatable bonds is 45. The number of hydrogen-bond donors (Lipinski definition) is 0. The van der Waals surface area contributed by atoms with E-state index in [1.807, 2.05) is 0 Å². The predicted molar refractivity (Wildman–Crippen MR) is 265 cm³/mol. The molecule has 0 saturated carbocycles. The lowest BCUT2D eigenvalue weighted by Crippen LogP contribution is -2.30. The lowest BCUT2D eigenvalue weighted by Gasteiger charge is -2.18. The predicted octanol–water partition coefficient (Wildman–Crippen LogP) is 16.8. The Hall–Kier alpha value is -3.41. The van der Waals surface area contributed by atoms with Gasteiger partial charge in [-0.25, -0.2) is 0 Å². The maximum Gasteiger partial charge on any atom is 0.306 e. The average Bonchev–Trinajstić information content (AvgIpc) is 3.27. The molecular formula is C56H94O6. The second-order valence-corrected chi connectivity index (χ2v) is 16.7. The summed E-state index contributed by atoms with van der Waals surface area (Å²) in [5.74, 6) is -0.942. The fourth-order valence-electron chi connectivity index (χ4n) is 6.74. The molecule has 0 aliphatic carbocycles. The Morgan fingerprint density at radius 3 is 1.03 bits per heavy atom. The minimum absolute atomic E-state index is 0.0960. The van der Waals surface area contributed by atoms with E-state index in [2.05, 4.69) is 106 Å². The van der Waals surface area contributed by atoms with Crippen LogP contribution in [0.1, 0.15) is 233 Å². The van der Waals surface area contributed by atoms with Crippen molar-refractivity contribution in [2.24, 2.45) is 0 Å². The molecule has 0 saturated heterocycles. The first kappa shape index (κ1) is 58.6. The number of hydrogen-bond acceptors (Lipinski definition) is 6. The molecule has 0 aliphatic rings. The molecule has 1 unspecified atom stereocenters. The number of carbonyl (C=O) groups excluding carboxylic acids is 3. The van der Waals surface area contributed by atoms with Gasteiger partial charge in [0.15, 0.2) is 6.10 Å². The largest absolute Gasteiger partial charge is 0.462 e. The SMILES string of the molecule is CC/C=C\C/C=C\C/C=C\CCCCCCCC(=O)OCC(COC(=O)CCCCCCC/C=C\C/C=C\CCCC)OC(=O)CCCCCCC/C=C\C/C=C\CCCCC. The molecule has 62 heavy (non-hydrogen) atoms. The highest BCUT2D eigenvalue weighted by molar-refractivity contribution is 5.71. The van der Waals surface area contributed by atoms with Gasteiger partial charge in [-0.15, -0.1) is 0 Å². The molecule has 0 radical (unpaired) electrons. The lowest BCUT2D eigenvalue weighted by molar-refractivity contribution is -0.167. The van der Waals surface area contributed by atoms with Gasteiger partial charge in [-0.2, -0.15) is 0 Å². The number of unbranched alkanes of at least 4 members (excludes halogenated alkanes) is 20. The third-order valence-corrected chi connectivity index (χ3v) is 10.6. The monoisotopic (exact) mass is 863 g/mol. The molecule has 0 rings (SSSR count). The van der Waals surface area contributed by atoms with Crippen molar-refractivity contribution in [2.75, 3.05) is 13.2 Å². The molecule has 0 fully saturated rings. The van der Waals surface area contributed by atoms with Crippen LogP contribution in [0, 0.1) is 0 Å². The summed E-state index contributed by atoms with van der Waals surface area (Å²) in [6.45, 7) is 6.41. The van der Waals surface area contributed by atoms with Crippen molar-refractivity contribution in [3.8, 4) is 0 Å². The number of allylic oxidation sites excluding steroid dienone is 14. The Morgan fingerprint density at radius 2 is 0.645 bits per heavy atom. The summed E-state index contributed by atoms with van der Waals surface area (Å²) < 4.78 is 16.8. The van der Waals surface area contributed by atoms with Gasteiger partial charge in [-0.3, -0.25) is 14.4 Å². The molecule has 0 bridgehead atoms. The minimum atomic E-state index is -0.797. The van der Waals surface area contributed by atoms with Crippen molar-refractivity contribution in [3.63, 3.8) is 0 Å². The molecule has 0 spiro atoms. The summed E-state index contributed by atoms with van der Waals surface area (Å²) in [5.41, 5.74) is 0. The summed E-state index contributed by atoms with van der Waals surface area (Å²) in [6, 6.07) is 0. The molecule has 0 aliphatic heterocycles. The maximum absolute atomic E-state index is 12.8. The van der Waals surface area contributed by atoms with E-state index in [9.17, 15) is 14.4 Å². The van der Waals surface area contributed by atoms with Crippen molar-refractivity contribution in [1.82, 2.24) is 0 Å². The van der Waals surface area contributed by atoms with E-state index < -0.39 is 6.10 Å². The highest BCUT2D eigenvalue weighted by atomic mass is 16.6. The molecule has 6 nitrogen and oxygen atoms in total. The van der Waals surface area contributed by atoms with Crippen LogP contribution in [0.15, 0.2) is 85.1 Å². The highest BCUT2D eigenvalue weighted by Gasteiger charge is 2.19. The van der Waals surface area contributed by atoms with Crippen molar-refractivity contribution < 1.29 is 28.6 Å². The summed E-state index contributed by atoms with van der Waals surface area (Å²) in [7, 11) is 0. The van der Waals surface area contributed by atoms with Gasteiger partial charge in [0.25, 0.3) is 0 Å². The minimum Gasteiger partial charge on any atom is -0.462 e. The van der Waals surface area contributed by atoms with Crippen molar-refractivity contribution in [3.05, 3.63) is 85.1 Å². The molecule has 0 N–H and O–H groups in total. The molecular weight excluding hydrogens is 769 g/mol. The van der Waals surface area contributed by atoms with Gasteiger partial charge >= 0.3 is 17.9 Å². The van der Waals surface area contributed by atoms with Gasteiger partial charge in [0.05, 0.1) is 0 Å². The Balaban J connectivity index is 4.47. The van der Waals surface area contributed by atoms with Gasteiger partial charge in [0, 0.05) is 19.3 Å². The van der Waals surface area contributed by atoms with E-state index in [0.717, 1.165) is 148 Å². The highest BCUT2D eigenvalue weighted by Crippen LogP contribution is 2.13. The Morgan fingerprint density at radius 1 is 0.339 bits per heavy atom. The first-order valence-electron chi connectivity index (χ1n) is 25.6. The van der Waals surface area contributed by atoms with Crippen molar-refractivity contribution in [1.29, 1.82) is 0 Å². The molecule has 354 valence electrons. The van der Waals surface area contributed by atoms with Crippen LogP contribution in [0.3, 0.4) is 0 Å². The third kappa shape index (κ3) is 47.6. The van der Waals surface area contributed by atoms with Gasteiger partial charge in [-0.1, -0.05) is 189 Å². The van der Waals surface area contributed by atoms with Gasteiger partial charge in [0.1, 0.15) is 13.2 Å². The fraction of sp³-hybridized carbons (Fsp3) is 0.696. The normalized spacial score (nSPS) is 12.8. The maximum atomic E-state index is 12.8. The van der Waals surface area contributed by atoms with Crippen LogP contribution in [0.5, 0.6) is 0 Å². The molecule has 0 aromatic rings. The molecule has 6 heteroatoms. The van der Waals surface area contributed by atoms with E-state index in [1.165, 1.54) is 44.9 Å². The fourth-order valence-corrected chi connectivity index (χ4v) is 6.74. The van der Waals surface area contributed by atoms with E-state index in [-0.39, 0.29) is 31.1 Å². The van der Waals surface area contributed by atoms with Crippen molar-refractivity contribution in [2.45, 2.75) is 239 Å². The van der Waals surface area contributed by atoms with E-state index in [0.29, 0.717) is 19.3 Å². The van der Waals surface area contributed by atoms with Gasteiger partial charge in [-0.05, 0) is 109 Å². The average molecular weight is 863 g/mol. The van der Waals surface area contributed by atoms with Crippen LogP contribution < -0.4 is 0 Å². The zero-order valence-corrected chi connectivity index (χ0v) is 40.4. The summed E-state index contributed by atoms with van der Waals surface area (Å²) in [4.78, 5) is 38.0. The molecule has 0 aromatic carbocycles. The van der Waals surface area contributed by atoms with Crippen LogP contribution in [0.2, 0.25) is 0 Å². The molecule has 0 aromatic heterocycles. The second kappa shape index (κ2) is 50.2. The number of esters is 3. The molecule has 0 heterocycles. The second-order valence-electron chi connectivity index (χ2n) is 16.7. The summed E-state index contributed by atoms with van der Waals surface area (Å²) in [5, 5.41) is 0. The lowest BCUT2D eigenvalue weighted by atomic mass is 10.1. The van der Waals surface area contributed by atoms with E-state index in [1.54, 1.807) is 0 Å². The van der Waals surface area contributed by atoms with Gasteiger partial charge in [0.2, 0.25) is 0 Å². The Labute approximate surface area is 382 Å². The van der Waals surface area contributed by atoms with Gasteiger partial charge < -0.3 is 14.2 Å². The standard InChI is InChI=1S/C56H94O6/c1-4-7-10-13-16-19-22-25-28-31-34-37-40-43-46-49-55(58)61-52-53(51-60-54(57)48-45-42-39-36-33-30-27-24-21-18-15-12-9-6-3)62-56(59)50-47-44-41-38-35-32-29-26-23-20-17-14-11-8-5-2/h7,10,15-20,24-29,53H,4-6,8-9,11-14,21-23,30-52H2,1-3H3/b10-7-,18-15-,19-16-,20-17-,27-24-,28-25-,29-26-. The first-order chi connectivity index (χ1) is 30.5. The smallest absolute Gasteiger partial charge is 0.306 e.